The number of carbonyl (C=O) groups excluding carboxylic acids is 2. The number of hydrogen-bond donors (Lipinski definition) is 2. The van der Waals surface area contributed by atoms with Gasteiger partial charge in [-0.1, -0.05) is 42.5 Å². The van der Waals surface area contributed by atoms with Crippen molar-refractivity contribution in [3.63, 3.8) is 0 Å². The molecule has 5 heteroatoms. The average molecular weight is 322 g/mol. The Morgan fingerprint density at radius 1 is 0.917 bits per heavy atom. The summed E-state index contributed by atoms with van der Waals surface area (Å²) in [5.74, 6) is -0.451. The Balaban J connectivity index is 2.13. The van der Waals surface area contributed by atoms with Gasteiger partial charge in [-0.2, -0.15) is 0 Å². The summed E-state index contributed by atoms with van der Waals surface area (Å²) in [5, 5.41) is 12.0. The molecular formula is C19H18N2O3. The number of para-hydroxylation sites is 1. The first-order valence-corrected chi connectivity index (χ1v) is 7.71. The molecule has 24 heavy (non-hydrogen) atoms. The van der Waals surface area contributed by atoms with E-state index >= 15 is 0 Å². The van der Waals surface area contributed by atoms with E-state index in [4.69, 9.17) is 5.11 Å². The molecule has 0 spiro atoms. The molecule has 0 saturated carbocycles. The minimum Gasteiger partial charge on any atom is -0.395 e. The molecular weight excluding hydrogens is 304 g/mol. The van der Waals surface area contributed by atoms with Crippen LogP contribution in [0.3, 0.4) is 0 Å². The van der Waals surface area contributed by atoms with Crippen LogP contribution in [0.5, 0.6) is 0 Å². The van der Waals surface area contributed by atoms with Gasteiger partial charge in [-0.15, -0.1) is 0 Å². The highest BCUT2D eigenvalue weighted by molar-refractivity contribution is 6.27. The van der Waals surface area contributed by atoms with Gasteiger partial charge in [-0.25, -0.2) is 0 Å². The molecule has 0 fully saturated rings. The number of benzene rings is 2. The Bertz CT molecular complexity index is 812. The highest BCUT2D eigenvalue weighted by atomic mass is 16.3. The van der Waals surface area contributed by atoms with Gasteiger partial charge in [0.05, 0.1) is 6.61 Å². The number of Topliss-reactive ketones (excluding diaryl/α,β-unsaturated/α-hetero) is 2. The van der Waals surface area contributed by atoms with Crippen LogP contribution in [0.15, 0.2) is 66.0 Å². The van der Waals surface area contributed by atoms with Crippen molar-refractivity contribution in [2.75, 3.05) is 25.1 Å². The highest BCUT2D eigenvalue weighted by Gasteiger charge is 2.34. The topological polar surface area (TPSA) is 69.6 Å². The van der Waals surface area contributed by atoms with Crippen LogP contribution >= 0.6 is 0 Å². The quantitative estimate of drug-likeness (QED) is 0.881. The third kappa shape index (κ3) is 2.70. The molecule has 0 radical (unpaired) electrons. The van der Waals surface area contributed by atoms with E-state index in [1.807, 2.05) is 30.3 Å². The molecule has 2 aromatic rings. The number of carbonyl (C=O) groups is 2. The van der Waals surface area contributed by atoms with Crippen LogP contribution in [0.4, 0.5) is 5.69 Å². The number of aliphatic hydroxyl groups excluding tert-OH is 1. The summed E-state index contributed by atoms with van der Waals surface area (Å²) >= 11 is 0. The monoisotopic (exact) mass is 322 g/mol. The predicted molar refractivity (Wildman–Crippen MR) is 92.1 cm³/mol. The molecule has 3 rings (SSSR count). The Hall–Kier alpha value is -2.92. The lowest BCUT2D eigenvalue weighted by Crippen LogP contribution is -2.37. The van der Waals surface area contributed by atoms with Gasteiger partial charge in [0, 0.05) is 30.4 Å². The number of rotatable bonds is 5. The number of nitrogens with one attached hydrogen (secondary N) is 1. The zero-order valence-electron chi connectivity index (χ0n) is 13.3. The number of hydrogen-bond acceptors (Lipinski definition) is 5. The molecule has 0 aliphatic heterocycles. The Kier molecular flexibility index (Phi) is 4.44. The standard InChI is InChI=1S/C19H18N2O3/c1-21(13-7-3-2-4-8-13)17-16(20-11-12-22)18(23)14-9-5-6-10-15(14)19(17)24/h2-10,20,22H,11-12H2,1H3. The second-order valence-electron chi connectivity index (χ2n) is 5.47. The molecule has 0 heterocycles. The van der Waals surface area contributed by atoms with Crippen molar-refractivity contribution in [2.24, 2.45) is 0 Å². The van der Waals surface area contributed by atoms with Crippen LogP contribution in [0.25, 0.3) is 0 Å². The highest BCUT2D eigenvalue weighted by Crippen LogP contribution is 2.29. The van der Waals surface area contributed by atoms with E-state index in [-0.39, 0.29) is 30.4 Å². The first-order chi connectivity index (χ1) is 11.6. The lowest BCUT2D eigenvalue weighted by molar-refractivity contribution is 0.0966. The maximum Gasteiger partial charge on any atom is 0.212 e. The number of likely N-dealkylation sites (N-methyl/N-ethyl adjacent to an activating group) is 1. The number of anilines is 1. The average Bonchev–Trinajstić information content (AvgIpc) is 2.63. The zero-order chi connectivity index (χ0) is 17.1. The molecule has 0 atom stereocenters. The van der Waals surface area contributed by atoms with Crippen LogP contribution in [-0.2, 0) is 0 Å². The molecule has 1 aliphatic carbocycles. The fourth-order valence-corrected chi connectivity index (χ4v) is 2.81. The van der Waals surface area contributed by atoms with E-state index in [1.165, 1.54) is 0 Å². The molecule has 2 N–H and O–H groups in total. The van der Waals surface area contributed by atoms with Crippen molar-refractivity contribution in [1.82, 2.24) is 5.32 Å². The van der Waals surface area contributed by atoms with E-state index in [9.17, 15) is 9.59 Å². The third-order valence-electron chi connectivity index (χ3n) is 3.99. The molecule has 0 unspecified atom stereocenters. The number of allylic oxidation sites excluding steroid dienone is 2. The fourth-order valence-electron chi connectivity index (χ4n) is 2.81. The van der Waals surface area contributed by atoms with Gasteiger partial charge in [-0.3, -0.25) is 9.59 Å². The maximum atomic E-state index is 13.0. The van der Waals surface area contributed by atoms with Gasteiger partial charge in [0.1, 0.15) is 11.4 Å². The number of ketones is 2. The third-order valence-corrected chi connectivity index (χ3v) is 3.99. The van der Waals surface area contributed by atoms with Gasteiger partial charge in [0.15, 0.2) is 0 Å². The van der Waals surface area contributed by atoms with Crippen LogP contribution < -0.4 is 10.2 Å². The summed E-state index contributed by atoms with van der Waals surface area (Å²) < 4.78 is 0. The van der Waals surface area contributed by atoms with Crippen LogP contribution in [-0.4, -0.2) is 36.9 Å². The normalized spacial score (nSPS) is 13.8. The van der Waals surface area contributed by atoms with Crippen molar-refractivity contribution in [3.05, 3.63) is 77.1 Å². The summed E-state index contributed by atoms with van der Waals surface area (Å²) in [6.07, 6.45) is 0. The largest absolute Gasteiger partial charge is 0.395 e. The Morgan fingerprint density at radius 2 is 1.50 bits per heavy atom. The van der Waals surface area contributed by atoms with Crippen molar-refractivity contribution in [2.45, 2.75) is 0 Å². The summed E-state index contributed by atoms with van der Waals surface area (Å²) in [7, 11) is 1.75. The van der Waals surface area contributed by atoms with E-state index < -0.39 is 0 Å². The van der Waals surface area contributed by atoms with E-state index in [2.05, 4.69) is 5.32 Å². The van der Waals surface area contributed by atoms with Gasteiger partial charge in [0.2, 0.25) is 11.6 Å². The minimum absolute atomic E-state index is 0.130. The van der Waals surface area contributed by atoms with Gasteiger partial charge in [-0.05, 0) is 12.1 Å². The number of nitrogens with zero attached hydrogens (tertiary/aromatic N) is 1. The Labute approximate surface area is 140 Å². The molecule has 0 amide bonds. The first kappa shape index (κ1) is 16.0. The molecule has 0 aromatic heterocycles. The van der Waals surface area contributed by atoms with Crippen molar-refractivity contribution < 1.29 is 14.7 Å². The molecule has 2 aromatic carbocycles. The van der Waals surface area contributed by atoms with Crippen LogP contribution in [0.1, 0.15) is 20.7 Å². The van der Waals surface area contributed by atoms with E-state index in [1.54, 1.807) is 36.2 Å². The van der Waals surface area contributed by atoms with Gasteiger partial charge in [0.25, 0.3) is 0 Å². The van der Waals surface area contributed by atoms with Crippen molar-refractivity contribution >= 4 is 17.3 Å². The maximum absolute atomic E-state index is 13.0. The number of aliphatic hydroxyl groups is 1. The fraction of sp³-hybridized carbons (Fsp3) is 0.158. The molecule has 122 valence electrons. The van der Waals surface area contributed by atoms with Crippen LogP contribution in [0.2, 0.25) is 0 Å². The number of fused-ring (bicyclic) bond motifs is 1. The molecule has 0 saturated heterocycles. The minimum atomic E-state index is -0.239. The second kappa shape index (κ2) is 6.68. The first-order valence-electron chi connectivity index (χ1n) is 7.71. The summed E-state index contributed by atoms with van der Waals surface area (Å²) in [5.41, 5.74) is 2.09. The smallest absolute Gasteiger partial charge is 0.212 e. The SMILES string of the molecule is CN(C1=C(NCCO)C(=O)c2ccccc2C1=O)c1ccccc1. The van der Waals surface area contributed by atoms with Gasteiger partial charge < -0.3 is 15.3 Å². The van der Waals surface area contributed by atoms with Crippen molar-refractivity contribution in [3.8, 4) is 0 Å². The lowest BCUT2D eigenvalue weighted by atomic mass is 9.89. The van der Waals surface area contributed by atoms with E-state index in [0.29, 0.717) is 16.8 Å². The molecule has 5 nitrogen and oxygen atoms in total. The van der Waals surface area contributed by atoms with E-state index in [0.717, 1.165) is 5.69 Å². The summed E-state index contributed by atoms with van der Waals surface area (Å²) in [4.78, 5) is 27.5. The zero-order valence-corrected chi connectivity index (χ0v) is 13.3. The summed E-state index contributed by atoms with van der Waals surface area (Å²) in [6.45, 7) is 0.0671. The van der Waals surface area contributed by atoms with Crippen molar-refractivity contribution in [1.29, 1.82) is 0 Å². The molecule has 1 aliphatic rings. The summed E-state index contributed by atoms with van der Waals surface area (Å²) in [6, 6.07) is 16.2. The van der Waals surface area contributed by atoms with Crippen LogP contribution in [0, 0.1) is 0 Å². The second-order valence-corrected chi connectivity index (χ2v) is 5.47. The Morgan fingerprint density at radius 3 is 2.12 bits per heavy atom. The lowest BCUT2D eigenvalue weighted by Gasteiger charge is -2.28. The predicted octanol–water partition coefficient (Wildman–Crippen LogP) is 2.00. The van der Waals surface area contributed by atoms with Gasteiger partial charge >= 0.3 is 0 Å². The molecule has 0 bridgehead atoms.